The maximum absolute atomic E-state index is 12.4. The van der Waals surface area contributed by atoms with Crippen LogP contribution in [0.15, 0.2) is 23.3 Å². The molecule has 0 aromatic heterocycles. The number of hydrogen-bond donors (Lipinski definition) is 3. The lowest BCUT2D eigenvalue weighted by atomic mass is 10.0. The van der Waals surface area contributed by atoms with Crippen molar-refractivity contribution in [3.8, 4) is 0 Å². The Labute approximate surface area is 223 Å². The van der Waals surface area contributed by atoms with Crippen molar-refractivity contribution in [2.24, 2.45) is 11.0 Å². The number of piperazine rings is 1. The fraction of sp³-hybridized carbons (Fsp3) is 0.640. The third-order valence-corrected chi connectivity index (χ3v) is 7.84. The molecule has 9 nitrogen and oxygen atoms in total. The number of carbonyl (C=O) groups excluding carboxylic acids is 2. The molecule has 1 unspecified atom stereocenters. The summed E-state index contributed by atoms with van der Waals surface area (Å²) in [4.78, 5) is 29.6. The number of halogens is 2. The van der Waals surface area contributed by atoms with Gasteiger partial charge in [0.1, 0.15) is 5.84 Å². The molecule has 1 aromatic rings. The third-order valence-electron chi connectivity index (χ3n) is 7.11. The molecule has 198 valence electrons. The molecule has 11 heteroatoms. The molecule has 0 saturated carbocycles. The minimum atomic E-state index is -0.0965. The van der Waals surface area contributed by atoms with Crippen LogP contribution in [0.4, 0.5) is 5.69 Å². The van der Waals surface area contributed by atoms with E-state index in [0.29, 0.717) is 54.4 Å². The molecule has 2 amide bonds. The monoisotopic (exact) mass is 537 g/mol. The van der Waals surface area contributed by atoms with Crippen molar-refractivity contribution in [2.75, 3.05) is 63.9 Å². The lowest BCUT2D eigenvalue weighted by Crippen LogP contribution is -2.52. The minimum Gasteiger partial charge on any atom is -0.355 e. The van der Waals surface area contributed by atoms with E-state index in [1.807, 2.05) is 18.0 Å². The second-order valence-corrected chi connectivity index (χ2v) is 10.7. The van der Waals surface area contributed by atoms with Crippen LogP contribution in [0.3, 0.4) is 0 Å². The average Bonchev–Trinajstić information content (AvgIpc) is 3.24. The molecule has 0 bridgehead atoms. The second kappa shape index (κ2) is 13.1. The van der Waals surface area contributed by atoms with Crippen LogP contribution >= 0.6 is 23.2 Å². The highest BCUT2D eigenvalue weighted by Crippen LogP contribution is 2.29. The maximum atomic E-state index is 12.4. The van der Waals surface area contributed by atoms with Gasteiger partial charge in [0.2, 0.25) is 11.8 Å². The predicted octanol–water partition coefficient (Wildman–Crippen LogP) is 2.15. The lowest BCUT2D eigenvalue weighted by Gasteiger charge is -2.40. The molecule has 3 aliphatic heterocycles. The molecule has 0 spiro atoms. The second-order valence-electron chi connectivity index (χ2n) is 9.86. The van der Waals surface area contributed by atoms with E-state index in [2.05, 4.69) is 30.9 Å². The summed E-state index contributed by atoms with van der Waals surface area (Å²) in [5.41, 5.74) is 0.830. The summed E-state index contributed by atoms with van der Waals surface area (Å²) in [5.74, 6) is 0.654. The van der Waals surface area contributed by atoms with Gasteiger partial charge in [-0.05, 0) is 37.5 Å². The van der Waals surface area contributed by atoms with Crippen molar-refractivity contribution in [3.63, 3.8) is 0 Å². The van der Waals surface area contributed by atoms with Gasteiger partial charge in [-0.3, -0.25) is 24.4 Å². The molecule has 4 rings (SSSR count). The van der Waals surface area contributed by atoms with Crippen LogP contribution in [0.1, 0.15) is 32.6 Å². The van der Waals surface area contributed by atoms with E-state index in [1.165, 1.54) is 0 Å². The van der Waals surface area contributed by atoms with Crippen molar-refractivity contribution >= 4 is 46.5 Å². The Balaban J connectivity index is 1.11. The number of nitrogens with zero attached hydrogens (tertiary/aromatic N) is 4. The van der Waals surface area contributed by atoms with Crippen LogP contribution in [-0.2, 0) is 9.59 Å². The minimum absolute atomic E-state index is 0.0297. The van der Waals surface area contributed by atoms with Crippen LogP contribution < -0.4 is 21.0 Å². The number of piperidine rings is 1. The Morgan fingerprint density at radius 3 is 2.56 bits per heavy atom. The standard InChI is InChI=1S/C25H37Cl2N7O2/c1-18-16-34(20-4-5-21(26)22(27)15-20)31-25(18)30-23(35)3-2-8-29-24(36)17-32-11-6-19(7-12-32)33-13-9-28-10-14-33/h4-5,15,18-19,28H,2-3,6-14,16-17H2,1H3,(H,29,36)(H,30,31,35). The van der Waals surface area contributed by atoms with Gasteiger partial charge in [-0.1, -0.05) is 30.1 Å². The van der Waals surface area contributed by atoms with Crippen molar-refractivity contribution in [1.29, 1.82) is 0 Å². The van der Waals surface area contributed by atoms with E-state index in [9.17, 15) is 9.59 Å². The maximum Gasteiger partial charge on any atom is 0.234 e. The Morgan fingerprint density at radius 1 is 1.08 bits per heavy atom. The fourth-order valence-corrected chi connectivity index (χ4v) is 5.30. The number of likely N-dealkylation sites (tertiary alicyclic amines) is 1. The van der Waals surface area contributed by atoms with Crippen molar-refractivity contribution in [1.82, 2.24) is 25.8 Å². The van der Waals surface area contributed by atoms with Crippen molar-refractivity contribution in [3.05, 3.63) is 28.2 Å². The molecule has 0 radical (unpaired) electrons. The fourth-order valence-electron chi connectivity index (χ4n) is 5.00. The van der Waals surface area contributed by atoms with E-state index in [0.717, 1.165) is 57.8 Å². The molecule has 1 atom stereocenters. The van der Waals surface area contributed by atoms with Crippen LogP contribution in [0, 0.1) is 5.92 Å². The summed E-state index contributed by atoms with van der Waals surface area (Å²) in [6.45, 7) is 9.91. The first-order chi connectivity index (χ1) is 17.4. The molecule has 3 aliphatic rings. The van der Waals surface area contributed by atoms with E-state index in [-0.39, 0.29) is 17.7 Å². The van der Waals surface area contributed by atoms with E-state index in [4.69, 9.17) is 23.2 Å². The zero-order valence-electron chi connectivity index (χ0n) is 20.9. The highest BCUT2D eigenvalue weighted by Gasteiger charge is 2.27. The van der Waals surface area contributed by atoms with Gasteiger partial charge in [-0.15, -0.1) is 0 Å². The number of carbonyl (C=O) groups is 2. The van der Waals surface area contributed by atoms with Crippen LogP contribution in [0.25, 0.3) is 0 Å². The number of anilines is 1. The van der Waals surface area contributed by atoms with E-state index < -0.39 is 0 Å². The first kappa shape index (κ1) is 27.1. The molecule has 2 saturated heterocycles. The Bertz CT molecular complexity index is 946. The molecular formula is C25H37Cl2N7O2. The van der Waals surface area contributed by atoms with Gasteiger partial charge >= 0.3 is 0 Å². The van der Waals surface area contributed by atoms with Gasteiger partial charge in [0.05, 0.1) is 28.8 Å². The quantitative estimate of drug-likeness (QED) is 0.440. The average molecular weight is 539 g/mol. The first-order valence-electron chi connectivity index (χ1n) is 12.9. The zero-order chi connectivity index (χ0) is 25.5. The third kappa shape index (κ3) is 7.55. The van der Waals surface area contributed by atoms with Crippen molar-refractivity contribution < 1.29 is 9.59 Å². The summed E-state index contributed by atoms with van der Waals surface area (Å²) < 4.78 is 0. The molecule has 1 aromatic carbocycles. The number of amidine groups is 1. The number of amides is 2. The summed E-state index contributed by atoms with van der Waals surface area (Å²) in [6.07, 6.45) is 3.16. The highest BCUT2D eigenvalue weighted by atomic mass is 35.5. The lowest BCUT2D eigenvalue weighted by molar-refractivity contribution is -0.123. The zero-order valence-corrected chi connectivity index (χ0v) is 22.5. The summed E-state index contributed by atoms with van der Waals surface area (Å²) >= 11 is 12.1. The van der Waals surface area contributed by atoms with Gasteiger partial charge < -0.3 is 16.0 Å². The molecular weight excluding hydrogens is 501 g/mol. The van der Waals surface area contributed by atoms with E-state index >= 15 is 0 Å². The molecule has 3 N–H and O–H groups in total. The number of benzene rings is 1. The smallest absolute Gasteiger partial charge is 0.234 e. The van der Waals surface area contributed by atoms with Crippen molar-refractivity contribution in [2.45, 2.75) is 38.6 Å². The van der Waals surface area contributed by atoms with Gasteiger partial charge in [-0.2, -0.15) is 5.10 Å². The van der Waals surface area contributed by atoms with Gasteiger partial charge in [0.25, 0.3) is 0 Å². The Kier molecular flexibility index (Phi) is 9.84. The number of hydrogen-bond acceptors (Lipinski definition) is 7. The topological polar surface area (TPSA) is 92.3 Å². The van der Waals surface area contributed by atoms with Gasteiger partial charge in [0, 0.05) is 64.2 Å². The number of rotatable bonds is 8. The number of nitrogens with one attached hydrogen (secondary N) is 3. The normalized spacial score (nSPS) is 21.9. The van der Waals surface area contributed by atoms with Crippen LogP contribution in [0.2, 0.25) is 10.0 Å². The largest absolute Gasteiger partial charge is 0.355 e. The van der Waals surface area contributed by atoms with E-state index in [1.54, 1.807) is 12.1 Å². The Morgan fingerprint density at radius 2 is 1.83 bits per heavy atom. The van der Waals surface area contributed by atoms with Gasteiger partial charge in [0.15, 0.2) is 0 Å². The summed E-state index contributed by atoms with van der Waals surface area (Å²) in [7, 11) is 0. The SMILES string of the molecule is CC1CN(c2ccc(Cl)c(Cl)c2)N=C1NC(=O)CCCNC(=O)CN1CCC(N2CCNCC2)CC1. The molecule has 2 fully saturated rings. The highest BCUT2D eigenvalue weighted by molar-refractivity contribution is 6.42. The molecule has 36 heavy (non-hydrogen) atoms. The first-order valence-corrected chi connectivity index (χ1v) is 13.7. The van der Waals surface area contributed by atoms with Crippen LogP contribution in [-0.4, -0.2) is 92.4 Å². The number of hydrazone groups is 1. The molecule has 3 heterocycles. The predicted molar refractivity (Wildman–Crippen MR) is 145 cm³/mol. The summed E-state index contributed by atoms with van der Waals surface area (Å²) in [6, 6.07) is 6.00. The van der Waals surface area contributed by atoms with Gasteiger partial charge in [-0.25, -0.2) is 0 Å². The summed E-state index contributed by atoms with van der Waals surface area (Å²) in [5, 5.41) is 16.6. The van der Waals surface area contributed by atoms with Crippen LogP contribution in [0.5, 0.6) is 0 Å². The Hall–Kier alpha value is -1.91. The molecule has 0 aliphatic carbocycles.